The van der Waals surface area contributed by atoms with Crippen molar-refractivity contribution in [2.24, 2.45) is 5.73 Å². The van der Waals surface area contributed by atoms with E-state index in [4.69, 9.17) is 27.4 Å². The molecule has 1 heterocycles. The van der Waals surface area contributed by atoms with Gasteiger partial charge in [0.05, 0.1) is 19.9 Å². The third-order valence-corrected chi connectivity index (χ3v) is 2.95. The molecule has 5 nitrogen and oxygen atoms in total. The molecule has 20 heavy (non-hydrogen) atoms. The number of rotatable bonds is 5. The number of thiocarbonyl (C=S) groups is 1. The van der Waals surface area contributed by atoms with Crippen LogP contribution in [0.4, 0.5) is 11.5 Å². The maximum Gasteiger partial charge on any atom is 0.142 e. The van der Waals surface area contributed by atoms with Crippen LogP contribution in [0.1, 0.15) is 5.56 Å². The zero-order valence-electron chi connectivity index (χ0n) is 11.2. The molecule has 0 radical (unpaired) electrons. The highest BCUT2D eigenvalue weighted by Gasteiger charge is 2.06. The molecule has 0 fully saturated rings. The normalized spacial score (nSPS) is 9.90. The SMILES string of the molecule is COc1ccc(OC)c(Nc2ccc(C(N)=S)cn2)c1. The smallest absolute Gasteiger partial charge is 0.142 e. The standard InChI is InChI=1S/C14H15N3O2S/c1-18-10-4-5-12(19-2)11(7-10)17-13-6-3-9(8-16-13)14(15)20/h3-8H,1-2H3,(H2,15,20)(H,16,17). The topological polar surface area (TPSA) is 69.4 Å². The summed E-state index contributed by atoms with van der Waals surface area (Å²) in [5, 5.41) is 3.16. The number of aromatic nitrogens is 1. The first-order valence-electron chi connectivity index (χ1n) is 5.89. The number of nitrogens with zero attached hydrogens (tertiary/aromatic N) is 1. The lowest BCUT2D eigenvalue weighted by molar-refractivity contribution is 0.405. The average molecular weight is 289 g/mol. The van der Waals surface area contributed by atoms with Crippen LogP contribution < -0.4 is 20.5 Å². The largest absolute Gasteiger partial charge is 0.497 e. The van der Waals surface area contributed by atoms with Crippen molar-refractivity contribution in [1.29, 1.82) is 0 Å². The number of methoxy groups -OCH3 is 2. The molecule has 2 rings (SSSR count). The van der Waals surface area contributed by atoms with Crippen molar-refractivity contribution >= 4 is 28.7 Å². The highest BCUT2D eigenvalue weighted by atomic mass is 32.1. The molecule has 0 aliphatic rings. The van der Waals surface area contributed by atoms with Gasteiger partial charge in [0.15, 0.2) is 0 Å². The highest BCUT2D eigenvalue weighted by molar-refractivity contribution is 7.80. The van der Waals surface area contributed by atoms with Gasteiger partial charge in [-0.2, -0.15) is 0 Å². The van der Waals surface area contributed by atoms with Crippen LogP contribution in [0.5, 0.6) is 11.5 Å². The Labute approximate surface area is 122 Å². The molecule has 6 heteroatoms. The molecule has 0 spiro atoms. The summed E-state index contributed by atoms with van der Waals surface area (Å²) in [6.45, 7) is 0. The maximum absolute atomic E-state index is 5.53. The highest BCUT2D eigenvalue weighted by Crippen LogP contribution is 2.30. The molecule has 2 aromatic rings. The number of hydrogen-bond donors (Lipinski definition) is 2. The Hall–Kier alpha value is -2.34. The molecule has 0 bridgehead atoms. The fourth-order valence-electron chi connectivity index (χ4n) is 1.66. The molecule has 0 unspecified atom stereocenters. The van der Waals surface area contributed by atoms with E-state index in [1.54, 1.807) is 26.5 Å². The van der Waals surface area contributed by atoms with Gasteiger partial charge in [-0.05, 0) is 24.3 Å². The van der Waals surface area contributed by atoms with Gasteiger partial charge in [-0.15, -0.1) is 0 Å². The van der Waals surface area contributed by atoms with Crippen LogP contribution in [0.3, 0.4) is 0 Å². The number of benzene rings is 1. The van der Waals surface area contributed by atoms with Crippen LogP contribution in [-0.4, -0.2) is 24.2 Å². The van der Waals surface area contributed by atoms with Gasteiger partial charge >= 0.3 is 0 Å². The van der Waals surface area contributed by atoms with E-state index in [1.165, 1.54) is 0 Å². The molecular formula is C14H15N3O2S. The predicted octanol–water partition coefficient (Wildman–Crippen LogP) is 2.48. The third kappa shape index (κ3) is 3.16. The summed E-state index contributed by atoms with van der Waals surface area (Å²) in [5.74, 6) is 2.09. The van der Waals surface area contributed by atoms with Crippen molar-refractivity contribution in [1.82, 2.24) is 4.98 Å². The van der Waals surface area contributed by atoms with E-state index in [0.717, 1.165) is 17.0 Å². The Balaban J connectivity index is 2.26. The Morgan fingerprint density at radius 2 is 2.00 bits per heavy atom. The minimum absolute atomic E-state index is 0.322. The van der Waals surface area contributed by atoms with E-state index in [-0.39, 0.29) is 0 Å². The van der Waals surface area contributed by atoms with E-state index >= 15 is 0 Å². The van der Waals surface area contributed by atoms with Crippen molar-refractivity contribution in [3.05, 3.63) is 42.1 Å². The summed E-state index contributed by atoms with van der Waals surface area (Å²) in [6, 6.07) is 9.09. The van der Waals surface area contributed by atoms with E-state index in [9.17, 15) is 0 Å². The van der Waals surface area contributed by atoms with Gasteiger partial charge in [-0.25, -0.2) is 4.98 Å². The third-order valence-electron chi connectivity index (χ3n) is 2.72. The molecule has 3 N–H and O–H groups in total. The van der Waals surface area contributed by atoms with Crippen LogP contribution >= 0.6 is 12.2 Å². The second kappa shape index (κ2) is 6.21. The van der Waals surface area contributed by atoms with Gasteiger partial charge in [-0.3, -0.25) is 0 Å². The lowest BCUT2D eigenvalue weighted by atomic mass is 10.2. The summed E-state index contributed by atoms with van der Waals surface area (Å²) in [7, 11) is 3.22. The summed E-state index contributed by atoms with van der Waals surface area (Å²) in [4.78, 5) is 4.57. The molecule has 0 atom stereocenters. The van der Waals surface area contributed by atoms with E-state index in [2.05, 4.69) is 10.3 Å². The van der Waals surface area contributed by atoms with Crippen molar-refractivity contribution in [3.8, 4) is 11.5 Å². The minimum Gasteiger partial charge on any atom is -0.497 e. The van der Waals surface area contributed by atoms with Gasteiger partial charge in [-0.1, -0.05) is 12.2 Å². The molecule has 0 aliphatic heterocycles. The fourth-order valence-corrected chi connectivity index (χ4v) is 1.78. The average Bonchev–Trinajstić information content (AvgIpc) is 2.47. The Kier molecular flexibility index (Phi) is 4.37. The second-order valence-electron chi connectivity index (χ2n) is 3.99. The molecule has 0 aliphatic carbocycles. The van der Waals surface area contributed by atoms with Gasteiger partial charge in [0, 0.05) is 17.8 Å². The summed E-state index contributed by atoms with van der Waals surface area (Å²) in [6.07, 6.45) is 1.62. The van der Waals surface area contributed by atoms with Gasteiger partial charge in [0.2, 0.25) is 0 Å². The molecule has 1 aromatic heterocycles. The molecule has 104 valence electrons. The number of hydrogen-bond acceptors (Lipinski definition) is 5. The first kappa shape index (κ1) is 14.1. The molecule has 0 saturated carbocycles. The van der Waals surface area contributed by atoms with Crippen LogP contribution in [0, 0.1) is 0 Å². The van der Waals surface area contributed by atoms with E-state index in [0.29, 0.717) is 16.6 Å². The van der Waals surface area contributed by atoms with Crippen molar-refractivity contribution < 1.29 is 9.47 Å². The van der Waals surface area contributed by atoms with Gasteiger partial charge < -0.3 is 20.5 Å². The number of pyridine rings is 1. The number of ether oxygens (including phenoxy) is 2. The van der Waals surface area contributed by atoms with Crippen LogP contribution in [-0.2, 0) is 0 Å². The van der Waals surface area contributed by atoms with Crippen LogP contribution in [0.25, 0.3) is 0 Å². The Morgan fingerprint density at radius 1 is 1.20 bits per heavy atom. The summed E-state index contributed by atoms with van der Waals surface area (Å²) < 4.78 is 10.5. The second-order valence-corrected chi connectivity index (χ2v) is 4.43. The predicted molar refractivity (Wildman–Crippen MR) is 83.0 cm³/mol. The van der Waals surface area contributed by atoms with Crippen LogP contribution in [0.2, 0.25) is 0 Å². The Bertz CT molecular complexity index is 614. The zero-order valence-corrected chi connectivity index (χ0v) is 12.0. The number of anilines is 2. The summed E-state index contributed by atoms with van der Waals surface area (Å²) >= 11 is 4.89. The molecule has 0 amide bonds. The monoisotopic (exact) mass is 289 g/mol. The lowest BCUT2D eigenvalue weighted by Crippen LogP contribution is -2.09. The summed E-state index contributed by atoms with van der Waals surface area (Å²) in [5.41, 5.74) is 7.03. The molecule has 1 aromatic carbocycles. The van der Waals surface area contributed by atoms with Crippen LogP contribution in [0.15, 0.2) is 36.5 Å². The van der Waals surface area contributed by atoms with Crippen molar-refractivity contribution in [3.63, 3.8) is 0 Å². The quantitative estimate of drug-likeness (QED) is 0.824. The van der Waals surface area contributed by atoms with E-state index < -0.39 is 0 Å². The lowest BCUT2D eigenvalue weighted by Gasteiger charge is -2.12. The Morgan fingerprint density at radius 3 is 2.55 bits per heavy atom. The first-order valence-corrected chi connectivity index (χ1v) is 6.29. The first-order chi connectivity index (χ1) is 9.63. The van der Waals surface area contributed by atoms with Gasteiger partial charge in [0.25, 0.3) is 0 Å². The number of nitrogens with two attached hydrogens (primary N) is 1. The van der Waals surface area contributed by atoms with Crippen molar-refractivity contribution in [2.75, 3.05) is 19.5 Å². The number of nitrogens with one attached hydrogen (secondary N) is 1. The zero-order chi connectivity index (χ0) is 14.5. The molecule has 0 saturated heterocycles. The fraction of sp³-hybridized carbons (Fsp3) is 0.143. The van der Waals surface area contributed by atoms with E-state index in [1.807, 2.05) is 24.3 Å². The molecular weight excluding hydrogens is 274 g/mol. The minimum atomic E-state index is 0.322. The van der Waals surface area contributed by atoms with Gasteiger partial charge in [0.1, 0.15) is 22.3 Å². The maximum atomic E-state index is 5.53. The van der Waals surface area contributed by atoms with Crippen molar-refractivity contribution in [2.45, 2.75) is 0 Å².